The van der Waals surface area contributed by atoms with Gasteiger partial charge in [-0.05, 0) is 23.8 Å². The largest absolute Gasteiger partial charge is 0.504 e. The summed E-state index contributed by atoms with van der Waals surface area (Å²) in [5.41, 5.74) is 0.270. The molecule has 0 radical (unpaired) electrons. The van der Waals surface area contributed by atoms with Gasteiger partial charge in [-0.1, -0.05) is 12.1 Å². The van der Waals surface area contributed by atoms with E-state index in [2.05, 4.69) is 10.3 Å². The van der Waals surface area contributed by atoms with Crippen LogP contribution in [0.4, 0.5) is 5.69 Å². The molecule has 0 spiro atoms. The number of carbonyl (C=O) groups excluding carboxylic acids is 1. The number of hydrogen-bond donors (Lipinski definition) is 3. The number of aromatic nitrogens is 1. The van der Waals surface area contributed by atoms with Gasteiger partial charge in [-0.15, -0.1) is 0 Å². The summed E-state index contributed by atoms with van der Waals surface area (Å²) in [7, 11) is 1.56. The van der Waals surface area contributed by atoms with Gasteiger partial charge in [0.2, 0.25) is 5.91 Å². The number of carboxylic acids is 1. The lowest BCUT2D eigenvalue weighted by Crippen LogP contribution is -2.12. The fourth-order valence-electron chi connectivity index (χ4n) is 1.79. The van der Waals surface area contributed by atoms with Gasteiger partial charge in [0, 0.05) is 12.3 Å². The molecule has 0 saturated heterocycles. The molecule has 0 fully saturated rings. The maximum Gasteiger partial charge on any atom is 0.339 e. The third-order valence-corrected chi connectivity index (χ3v) is 2.95. The van der Waals surface area contributed by atoms with Gasteiger partial charge in [0.15, 0.2) is 5.75 Å². The number of benzene rings is 1. The van der Waals surface area contributed by atoms with Gasteiger partial charge in [-0.3, -0.25) is 9.78 Å². The SMILES string of the molecule is COc1ccc(C=CC(=O)Nc2c(O)cncc2C(=O)O)cc1. The summed E-state index contributed by atoms with van der Waals surface area (Å²) in [6.07, 6.45) is 4.88. The number of carbonyl (C=O) groups is 2. The molecule has 2 aromatic rings. The molecule has 0 aliphatic carbocycles. The Bertz CT molecular complexity index is 754. The average molecular weight is 314 g/mol. The van der Waals surface area contributed by atoms with Crippen LogP contribution in [0, 0.1) is 0 Å². The van der Waals surface area contributed by atoms with Crippen molar-refractivity contribution in [3.63, 3.8) is 0 Å². The van der Waals surface area contributed by atoms with Crippen molar-refractivity contribution in [1.29, 1.82) is 0 Å². The first-order valence-electron chi connectivity index (χ1n) is 6.54. The third-order valence-electron chi connectivity index (χ3n) is 2.95. The van der Waals surface area contributed by atoms with E-state index in [0.29, 0.717) is 5.75 Å². The second-order valence-electron chi connectivity index (χ2n) is 4.48. The summed E-state index contributed by atoms with van der Waals surface area (Å²) >= 11 is 0. The first-order valence-corrected chi connectivity index (χ1v) is 6.54. The van der Waals surface area contributed by atoms with Crippen molar-refractivity contribution < 1.29 is 24.5 Å². The van der Waals surface area contributed by atoms with E-state index < -0.39 is 17.6 Å². The number of nitrogens with zero attached hydrogens (tertiary/aromatic N) is 1. The third kappa shape index (κ3) is 4.07. The van der Waals surface area contributed by atoms with Gasteiger partial charge in [0.1, 0.15) is 17.0 Å². The molecule has 0 aliphatic rings. The standard InChI is InChI=1S/C16H14N2O5/c1-23-11-5-2-10(3-6-11)4-7-14(20)18-15-12(16(21)22)8-17-9-13(15)19/h2-9,19H,1H3,(H,21,22)(H,17,18,20). The van der Waals surface area contributed by atoms with Crippen LogP contribution in [0.1, 0.15) is 15.9 Å². The zero-order chi connectivity index (χ0) is 16.8. The van der Waals surface area contributed by atoms with Crippen molar-refractivity contribution in [3.05, 3.63) is 53.9 Å². The van der Waals surface area contributed by atoms with Gasteiger partial charge >= 0.3 is 5.97 Å². The number of methoxy groups -OCH3 is 1. The predicted molar refractivity (Wildman–Crippen MR) is 83.5 cm³/mol. The number of pyridine rings is 1. The lowest BCUT2D eigenvalue weighted by atomic mass is 10.2. The molecule has 1 aromatic carbocycles. The molecule has 0 atom stereocenters. The van der Waals surface area contributed by atoms with Crippen molar-refractivity contribution in [2.45, 2.75) is 0 Å². The number of ether oxygens (including phenoxy) is 1. The summed E-state index contributed by atoms with van der Waals surface area (Å²) in [4.78, 5) is 26.5. The van der Waals surface area contributed by atoms with Crippen LogP contribution < -0.4 is 10.1 Å². The molecule has 0 bridgehead atoms. The Balaban J connectivity index is 2.13. The van der Waals surface area contributed by atoms with Crippen molar-refractivity contribution >= 4 is 23.6 Å². The number of aromatic hydroxyl groups is 1. The highest BCUT2D eigenvalue weighted by molar-refractivity contribution is 6.07. The van der Waals surface area contributed by atoms with Crippen LogP contribution in [-0.4, -0.2) is 34.2 Å². The van der Waals surface area contributed by atoms with Gasteiger partial charge in [0.25, 0.3) is 0 Å². The number of nitrogens with one attached hydrogen (secondary N) is 1. The summed E-state index contributed by atoms with van der Waals surface area (Å²) in [5, 5.41) is 21.0. The van der Waals surface area contributed by atoms with Crippen LogP contribution >= 0.6 is 0 Å². The van der Waals surface area contributed by atoms with Gasteiger partial charge < -0.3 is 20.3 Å². The zero-order valence-electron chi connectivity index (χ0n) is 12.2. The van der Waals surface area contributed by atoms with E-state index in [9.17, 15) is 14.7 Å². The first-order chi connectivity index (χ1) is 11.0. The minimum absolute atomic E-state index is 0.197. The van der Waals surface area contributed by atoms with Gasteiger partial charge in [-0.25, -0.2) is 4.79 Å². The molecule has 0 unspecified atom stereocenters. The summed E-state index contributed by atoms with van der Waals surface area (Å²) in [5.74, 6) is -1.61. The Kier molecular flexibility index (Phi) is 4.93. The van der Waals surface area contributed by atoms with Crippen molar-refractivity contribution in [1.82, 2.24) is 4.98 Å². The molecule has 3 N–H and O–H groups in total. The molecule has 23 heavy (non-hydrogen) atoms. The smallest absolute Gasteiger partial charge is 0.339 e. The highest BCUT2D eigenvalue weighted by Gasteiger charge is 2.15. The second-order valence-corrected chi connectivity index (χ2v) is 4.48. The lowest BCUT2D eigenvalue weighted by Gasteiger charge is -2.07. The minimum atomic E-state index is -1.30. The summed E-state index contributed by atoms with van der Waals surface area (Å²) < 4.78 is 5.03. The number of aromatic carboxylic acids is 1. The van der Waals surface area contributed by atoms with E-state index >= 15 is 0 Å². The maximum absolute atomic E-state index is 11.9. The van der Waals surface area contributed by atoms with Crippen LogP contribution in [-0.2, 0) is 4.79 Å². The number of hydrogen-bond acceptors (Lipinski definition) is 5. The van der Waals surface area contributed by atoms with Crippen molar-refractivity contribution in [2.24, 2.45) is 0 Å². The fraction of sp³-hybridized carbons (Fsp3) is 0.0625. The Morgan fingerprint density at radius 1 is 1.22 bits per heavy atom. The molecule has 1 amide bonds. The van der Waals surface area contributed by atoms with Gasteiger partial charge in [0.05, 0.1) is 13.3 Å². The topological polar surface area (TPSA) is 109 Å². The van der Waals surface area contributed by atoms with E-state index in [4.69, 9.17) is 9.84 Å². The van der Waals surface area contributed by atoms with Crippen LogP contribution in [0.15, 0.2) is 42.7 Å². The molecule has 118 valence electrons. The van der Waals surface area contributed by atoms with E-state index in [1.165, 1.54) is 6.08 Å². The molecule has 2 rings (SSSR count). The molecule has 1 aromatic heterocycles. The van der Waals surface area contributed by atoms with Crippen LogP contribution in [0.25, 0.3) is 6.08 Å². The number of amides is 1. The molecule has 1 heterocycles. The highest BCUT2D eigenvalue weighted by Crippen LogP contribution is 2.26. The van der Waals surface area contributed by atoms with E-state index in [1.54, 1.807) is 37.5 Å². The predicted octanol–water partition coefficient (Wildman–Crippen LogP) is 2.15. The molecule has 0 saturated carbocycles. The normalized spacial score (nSPS) is 10.5. The quantitative estimate of drug-likeness (QED) is 0.730. The Labute approximate surface area is 131 Å². The molecular formula is C16H14N2O5. The number of carboxylic acid groups (broad SMARTS) is 1. The van der Waals surface area contributed by atoms with E-state index in [-0.39, 0.29) is 11.3 Å². The Morgan fingerprint density at radius 3 is 2.52 bits per heavy atom. The van der Waals surface area contributed by atoms with Gasteiger partial charge in [-0.2, -0.15) is 0 Å². The number of rotatable bonds is 5. The zero-order valence-corrected chi connectivity index (χ0v) is 12.2. The monoisotopic (exact) mass is 314 g/mol. The van der Waals surface area contributed by atoms with Crippen molar-refractivity contribution in [2.75, 3.05) is 12.4 Å². The maximum atomic E-state index is 11.9. The van der Waals surface area contributed by atoms with E-state index in [0.717, 1.165) is 18.0 Å². The van der Waals surface area contributed by atoms with Crippen LogP contribution in [0.2, 0.25) is 0 Å². The lowest BCUT2D eigenvalue weighted by molar-refractivity contribution is -0.111. The number of anilines is 1. The van der Waals surface area contributed by atoms with Crippen molar-refractivity contribution in [3.8, 4) is 11.5 Å². The molecule has 7 heteroatoms. The second kappa shape index (κ2) is 7.08. The van der Waals surface area contributed by atoms with E-state index in [1.807, 2.05) is 0 Å². The fourth-order valence-corrected chi connectivity index (χ4v) is 1.79. The first kappa shape index (κ1) is 16.0. The Morgan fingerprint density at radius 2 is 1.91 bits per heavy atom. The Hall–Kier alpha value is -3.35. The highest BCUT2D eigenvalue weighted by atomic mass is 16.5. The van der Waals surface area contributed by atoms with Crippen LogP contribution in [0.5, 0.6) is 11.5 Å². The van der Waals surface area contributed by atoms with Crippen LogP contribution in [0.3, 0.4) is 0 Å². The molecule has 7 nitrogen and oxygen atoms in total. The summed E-state index contributed by atoms with van der Waals surface area (Å²) in [6, 6.07) is 7.01. The minimum Gasteiger partial charge on any atom is -0.504 e. The molecular weight excluding hydrogens is 300 g/mol. The summed E-state index contributed by atoms with van der Waals surface area (Å²) in [6.45, 7) is 0. The average Bonchev–Trinajstić information content (AvgIpc) is 2.55. The molecule has 0 aliphatic heterocycles.